The van der Waals surface area contributed by atoms with Gasteiger partial charge in [-0.2, -0.15) is 5.10 Å². The van der Waals surface area contributed by atoms with E-state index in [-0.39, 0.29) is 5.41 Å². The Kier molecular flexibility index (Phi) is 2.80. The van der Waals surface area contributed by atoms with Crippen molar-refractivity contribution in [2.75, 3.05) is 25.1 Å². The zero-order valence-electron chi connectivity index (χ0n) is 10.5. The van der Waals surface area contributed by atoms with Crippen LogP contribution < -0.4 is 5.32 Å². The monoisotopic (exact) mass is 243 g/mol. The van der Waals surface area contributed by atoms with Gasteiger partial charge >= 0.3 is 0 Å². The van der Waals surface area contributed by atoms with E-state index in [9.17, 15) is 0 Å². The molecule has 0 atom stereocenters. The Bertz CT molecular complexity index is 518. The van der Waals surface area contributed by atoms with Gasteiger partial charge in [-0.15, -0.1) is 0 Å². The van der Waals surface area contributed by atoms with Gasteiger partial charge in [0.1, 0.15) is 0 Å². The first kappa shape index (κ1) is 11.3. The van der Waals surface area contributed by atoms with Crippen LogP contribution in [0.3, 0.4) is 0 Å². The number of hydrogen-bond donors (Lipinski definition) is 1. The van der Waals surface area contributed by atoms with Crippen molar-refractivity contribution in [2.45, 2.75) is 6.92 Å². The van der Waals surface area contributed by atoms with Gasteiger partial charge in [-0.1, -0.05) is 19.1 Å². The molecule has 3 rings (SSSR count). The maximum absolute atomic E-state index is 5.27. The molecule has 1 aliphatic rings. The van der Waals surface area contributed by atoms with Gasteiger partial charge in [0.15, 0.2) is 0 Å². The van der Waals surface area contributed by atoms with Crippen LogP contribution in [0.25, 0.3) is 5.69 Å². The Morgan fingerprint density at radius 3 is 2.83 bits per heavy atom. The van der Waals surface area contributed by atoms with Crippen LogP contribution in [-0.4, -0.2) is 29.5 Å². The van der Waals surface area contributed by atoms with Gasteiger partial charge in [-0.3, -0.25) is 0 Å². The molecule has 2 heterocycles. The van der Waals surface area contributed by atoms with Gasteiger partial charge in [-0.25, -0.2) is 4.68 Å². The summed E-state index contributed by atoms with van der Waals surface area (Å²) in [7, 11) is 0. The predicted octanol–water partition coefficient (Wildman–Crippen LogP) is 2.32. The fourth-order valence-electron chi connectivity index (χ4n) is 2.10. The number of ether oxygens (including phenoxy) is 1. The van der Waals surface area contributed by atoms with E-state index in [1.165, 1.54) is 0 Å². The fourth-order valence-corrected chi connectivity index (χ4v) is 2.10. The Hall–Kier alpha value is -1.81. The van der Waals surface area contributed by atoms with Gasteiger partial charge in [0, 0.05) is 24.4 Å². The standard InChI is InChI=1S/C14H17N3O/c1-14(10-18-11-14)9-15-12-5-2-3-6-13(12)17-8-4-7-16-17/h2-8,15H,9-11H2,1H3. The van der Waals surface area contributed by atoms with Crippen LogP contribution in [-0.2, 0) is 4.74 Å². The van der Waals surface area contributed by atoms with E-state index in [0.717, 1.165) is 31.1 Å². The maximum atomic E-state index is 5.27. The zero-order chi connectivity index (χ0) is 12.4. The van der Waals surface area contributed by atoms with Crippen LogP contribution in [0.15, 0.2) is 42.7 Å². The summed E-state index contributed by atoms with van der Waals surface area (Å²) in [5.74, 6) is 0. The number of rotatable bonds is 4. The van der Waals surface area contributed by atoms with Crippen molar-refractivity contribution in [1.82, 2.24) is 9.78 Å². The van der Waals surface area contributed by atoms with Crippen molar-refractivity contribution >= 4 is 5.69 Å². The molecular formula is C14H17N3O. The van der Waals surface area contributed by atoms with Crippen molar-refractivity contribution in [3.05, 3.63) is 42.7 Å². The second-order valence-electron chi connectivity index (χ2n) is 5.12. The summed E-state index contributed by atoms with van der Waals surface area (Å²) in [5.41, 5.74) is 2.44. The van der Waals surface area contributed by atoms with E-state index >= 15 is 0 Å². The van der Waals surface area contributed by atoms with Crippen molar-refractivity contribution in [2.24, 2.45) is 5.41 Å². The molecule has 0 bridgehead atoms. The molecule has 1 fully saturated rings. The Labute approximate surface area is 107 Å². The quantitative estimate of drug-likeness (QED) is 0.895. The lowest BCUT2D eigenvalue weighted by molar-refractivity contribution is -0.0924. The first-order valence-corrected chi connectivity index (χ1v) is 6.18. The molecule has 0 aliphatic carbocycles. The van der Waals surface area contributed by atoms with E-state index in [1.54, 1.807) is 6.20 Å². The minimum atomic E-state index is 0.261. The number of aromatic nitrogens is 2. The topological polar surface area (TPSA) is 39.1 Å². The molecule has 18 heavy (non-hydrogen) atoms. The molecule has 2 aromatic rings. The van der Waals surface area contributed by atoms with E-state index in [0.29, 0.717) is 0 Å². The first-order chi connectivity index (χ1) is 8.77. The highest BCUT2D eigenvalue weighted by atomic mass is 16.5. The SMILES string of the molecule is CC1(CNc2ccccc2-n2cccn2)COC1. The predicted molar refractivity (Wildman–Crippen MR) is 71.0 cm³/mol. The van der Waals surface area contributed by atoms with Crippen LogP contribution in [0.1, 0.15) is 6.92 Å². The van der Waals surface area contributed by atoms with Crippen LogP contribution in [0.5, 0.6) is 0 Å². The number of nitrogens with one attached hydrogen (secondary N) is 1. The lowest BCUT2D eigenvalue weighted by Crippen LogP contribution is -2.45. The lowest BCUT2D eigenvalue weighted by Gasteiger charge is -2.38. The highest BCUT2D eigenvalue weighted by Crippen LogP contribution is 2.28. The van der Waals surface area contributed by atoms with E-state index in [2.05, 4.69) is 29.5 Å². The average molecular weight is 243 g/mol. The zero-order valence-corrected chi connectivity index (χ0v) is 10.5. The summed E-state index contributed by atoms with van der Waals surface area (Å²) in [6.45, 7) is 4.83. The van der Waals surface area contributed by atoms with Crippen LogP contribution >= 0.6 is 0 Å². The molecule has 1 saturated heterocycles. The molecule has 0 unspecified atom stereocenters. The summed E-state index contributed by atoms with van der Waals surface area (Å²) in [6, 6.07) is 10.1. The molecule has 1 aromatic heterocycles. The third kappa shape index (κ3) is 2.11. The van der Waals surface area contributed by atoms with Gasteiger partial charge in [0.2, 0.25) is 0 Å². The number of para-hydroxylation sites is 2. The lowest BCUT2D eigenvalue weighted by atomic mass is 9.88. The maximum Gasteiger partial charge on any atom is 0.0876 e. The number of benzene rings is 1. The van der Waals surface area contributed by atoms with Crippen LogP contribution in [0.4, 0.5) is 5.69 Å². The molecule has 4 heteroatoms. The fraction of sp³-hybridized carbons (Fsp3) is 0.357. The number of anilines is 1. The molecule has 4 nitrogen and oxygen atoms in total. The van der Waals surface area contributed by atoms with Crippen LogP contribution in [0, 0.1) is 5.41 Å². The molecule has 1 aromatic carbocycles. The normalized spacial score (nSPS) is 17.2. The summed E-state index contributed by atoms with van der Waals surface area (Å²) in [4.78, 5) is 0. The highest BCUT2D eigenvalue weighted by Gasteiger charge is 2.33. The summed E-state index contributed by atoms with van der Waals surface area (Å²) in [6.07, 6.45) is 3.74. The number of nitrogens with zero attached hydrogens (tertiary/aromatic N) is 2. The van der Waals surface area contributed by atoms with E-state index < -0.39 is 0 Å². The second-order valence-corrected chi connectivity index (χ2v) is 5.12. The minimum absolute atomic E-state index is 0.261. The highest BCUT2D eigenvalue weighted by molar-refractivity contribution is 5.60. The first-order valence-electron chi connectivity index (χ1n) is 6.18. The number of hydrogen-bond acceptors (Lipinski definition) is 3. The van der Waals surface area contributed by atoms with Gasteiger partial charge in [0.25, 0.3) is 0 Å². The smallest absolute Gasteiger partial charge is 0.0876 e. The molecule has 0 saturated carbocycles. The van der Waals surface area contributed by atoms with Gasteiger partial charge in [-0.05, 0) is 18.2 Å². The Morgan fingerprint density at radius 1 is 1.33 bits per heavy atom. The molecule has 0 amide bonds. The van der Waals surface area contributed by atoms with Crippen molar-refractivity contribution < 1.29 is 4.74 Å². The molecule has 0 spiro atoms. The average Bonchev–Trinajstić information content (AvgIpc) is 2.88. The third-order valence-corrected chi connectivity index (χ3v) is 3.26. The van der Waals surface area contributed by atoms with Crippen molar-refractivity contribution in [1.29, 1.82) is 0 Å². The Morgan fingerprint density at radius 2 is 2.17 bits per heavy atom. The molecular weight excluding hydrogens is 226 g/mol. The Balaban J connectivity index is 1.79. The summed E-state index contributed by atoms with van der Waals surface area (Å²) in [5, 5.41) is 7.78. The van der Waals surface area contributed by atoms with E-state index in [4.69, 9.17) is 4.74 Å². The molecule has 1 aliphatic heterocycles. The minimum Gasteiger partial charge on any atom is -0.383 e. The third-order valence-electron chi connectivity index (χ3n) is 3.26. The van der Waals surface area contributed by atoms with Gasteiger partial charge < -0.3 is 10.1 Å². The van der Waals surface area contributed by atoms with E-state index in [1.807, 2.05) is 29.1 Å². The summed E-state index contributed by atoms with van der Waals surface area (Å²) >= 11 is 0. The second kappa shape index (κ2) is 4.46. The van der Waals surface area contributed by atoms with Crippen molar-refractivity contribution in [3.63, 3.8) is 0 Å². The van der Waals surface area contributed by atoms with Crippen LogP contribution in [0.2, 0.25) is 0 Å². The molecule has 94 valence electrons. The van der Waals surface area contributed by atoms with Crippen molar-refractivity contribution in [3.8, 4) is 5.69 Å². The summed E-state index contributed by atoms with van der Waals surface area (Å²) < 4.78 is 7.15. The largest absolute Gasteiger partial charge is 0.383 e. The molecule has 1 N–H and O–H groups in total. The molecule has 0 radical (unpaired) electrons. The van der Waals surface area contributed by atoms with Gasteiger partial charge in [0.05, 0.1) is 24.6 Å².